The Labute approximate surface area is 458 Å². The number of hydrogen-bond donors (Lipinski definition) is 6. The lowest BCUT2D eigenvalue weighted by Gasteiger charge is -2.39. The molecule has 3 aromatic heterocycles. The first-order valence-electron chi connectivity index (χ1n) is 26.5. The van der Waals surface area contributed by atoms with Crippen molar-refractivity contribution < 1.29 is 38.6 Å². The molecule has 3 aliphatic heterocycles. The lowest BCUT2D eigenvalue weighted by molar-refractivity contribution is -0.144. The summed E-state index contributed by atoms with van der Waals surface area (Å²) in [5.41, 5.74) is 11.5. The van der Waals surface area contributed by atoms with Gasteiger partial charge in [0.15, 0.2) is 0 Å². The van der Waals surface area contributed by atoms with E-state index in [1.807, 2.05) is 98.9 Å². The minimum absolute atomic E-state index is 0.00700. The molecule has 7 N–H and O–H groups in total. The molecule has 0 saturated carbocycles. The number of rotatable bonds is 22. The average Bonchev–Trinajstić information content (AvgIpc) is 4.22. The van der Waals surface area contributed by atoms with Crippen molar-refractivity contribution in [3.05, 3.63) is 94.5 Å². The van der Waals surface area contributed by atoms with Gasteiger partial charge < -0.3 is 55.9 Å². The van der Waals surface area contributed by atoms with Crippen molar-refractivity contribution in [3.8, 4) is 10.4 Å². The first kappa shape index (κ1) is 57.1. The highest BCUT2D eigenvalue weighted by atomic mass is 35.5. The number of aliphatic hydroxyl groups excluding tert-OH is 1. The van der Waals surface area contributed by atoms with E-state index in [0.29, 0.717) is 70.1 Å². The van der Waals surface area contributed by atoms with Crippen LogP contribution in [0.4, 0.5) is 5.82 Å². The van der Waals surface area contributed by atoms with Crippen LogP contribution in [-0.2, 0) is 40.0 Å². The van der Waals surface area contributed by atoms with E-state index in [9.17, 15) is 29.1 Å². The van der Waals surface area contributed by atoms with Gasteiger partial charge in [-0.3, -0.25) is 28.9 Å². The van der Waals surface area contributed by atoms with E-state index in [2.05, 4.69) is 45.7 Å². The number of piperidine rings is 1. The second kappa shape index (κ2) is 26.1. The normalized spacial score (nSPS) is 18.8. The smallest absolute Gasteiger partial charge is 0.246 e. The van der Waals surface area contributed by atoms with E-state index in [-0.39, 0.29) is 88.5 Å². The summed E-state index contributed by atoms with van der Waals surface area (Å²) in [5.74, 6) is -0.550. The van der Waals surface area contributed by atoms with E-state index in [4.69, 9.17) is 26.8 Å². The molecule has 6 heterocycles. The van der Waals surface area contributed by atoms with Crippen molar-refractivity contribution in [3.63, 3.8) is 0 Å². The van der Waals surface area contributed by atoms with Crippen LogP contribution in [0.3, 0.4) is 0 Å². The Balaban J connectivity index is 0.702. The summed E-state index contributed by atoms with van der Waals surface area (Å²) >= 11 is 7.81. The summed E-state index contributed by atoms with van der Waals surface area (Å²) in [6.45, 7) is 12.9. The number of amides is 5. The van der Waals surface area contributed by atoms with Gasteiger partial charge in [-0.1, -0.05) is 68.8 Å². The van der Waals surface area contributed by atoms with Crippen LogP contribution in [0.1, 0.15) is 82.2 Å². The van der Waals surface area contributed by atoms with Gasteiger partial charge in [0.1, 0.15) is 29.9 Å². The number of aromatic amines is 1. The fraction of sp³-hybridized carbons (Fsp3) is 0.527. The van der Waals surface area contributed by atoms with Crippen molar-refractivity contribution in [2.75, 3.05) is 83.7 Å². The zero-order valence-electron chi connectivity index (χ0n) is 44.5. The summed E-state index contributed by atoms with van der Waals surface area (Å²) in [6.07, 6.45) is 4.39. The third-order valence-electron chi connectivity index (χ3n) is 14.8. The summed E-state index contributed by atoms with van der Waals surface area (Å²) < 4.78 is 11.4. The molecule has 22 heteroatoms. The van der Waals surface area contributed by atoms with E-state index in [1.54, 1.807) is 17.7 Å². The maximum atomic E-state index is 14.0. The molecule has 3 aliphatic rings. The molecule has 414 valence electrons. The zero-order chi connectivity index (χ0) is 54.7. The Kier molecular flexibility index (Phi) is 19.3. The van der Waals surface area contributed by atoms with Crippen molar-refractivity contribution in [1.82, 2.24) is 50.6 Å². The molecule has 5 amide bonds. The molecule has 77 heavy (non-hydrogen) atoms. The number of piperazine rings is 1. The number of aryl methyl sites for hydroxylation is 1. The highest BCUT2D eigenvalue weighted by Crippen LogP contribution is 2.31. The van der Waals surface area contributed by atoms with E-state index < -0.39 is 35.0 Å². The van der Waals surface area contributed by atoms with Crippen LogP contribution in [0.25, 0.3) is 21.5 Å². The maximum absolute atomic E-state index is 14.0. The van der Waals surface area contributed by atoms with Gasteiger partial charge >= 0.3 is 0 Å². The topological polar surface area (TPSA) is 254 Å². The van der Waals surface area contributed by atoms with E-state index >= 15 is 0 Å². The summed E-state index contributed by atoms with van der Waals surface area (Å²) in [5, 5.41) is 21.2. The maximum Gasteiger partial charge on any atom is 0.246 e. The Morgan fingerprint density at radius 2 is 1.60 bits per heavy atom. The number of aliphatic hydroxyl groups is 1. The Bertz CT molecular complexity index is 2790. The van der Waals surface area contributed by atoms with Crippen molar-refractivity contribution in [2.24, 2.45) is 11.1 Å². The SMILES string of the molecule is Cc1ncsc1-c1ccc(CNC(=O)[C@@H]2C[C@@H](O)CN2C(=O)C(NC(=O)CCOCCOCCC(=O)N2CCN(CC[C@H](NC(=O)C3(N)CCN(c4ncnc5[nH]ccc45)CC3)c3ccc(Cl)cc3)CC2)C(C)(C)C)cc1. The van der Waals surface area contributed by atoms with E-state index in [1.165, 1.54) is 4.90 Å². The number of aromatic nitrogens is 4. The lowest BCUT2D eigenvalue weighted by atomic mass is 9.85. The Morgan fingerprint density at radius 3 is 2.27 bits per heavy atom. The van der Waals surface area contributed by atoms with Gasteiger partial charge in [-0.15, -0.1) is 11.3 Å². The zero-order valence-corrected chi connectivity index (χ0v) is 46.0. The predicted molar refractivity (Wildman–Crippen MR) is 295 cm³/mol. The van der Waals surface area contributed by atoms with Crippen LogP contribution in [0.15, 0.2) is 72.6 Å². The molecule has 1 unspecified atom stereocenters. The molecule has 8 rings (SSSR count). The highest BCUT2D eigenvalue weighted by Gasteiger charge is 2.45. The third-order valence-corrected chi connectivity index (χ3v) is 16.0. The van der Waals surface area contributed by atoms with Crippen molar-refractivity contribution in [1.29, 1.82) is 0 Å². The van der Waals surface area contributed by atoms with Gasteiger partial charge in [0.05, 0.1) is 72.0 Å². The quantitative estimate of drug-likeness (QED) is 0.0528. The number of nitrogens with two attached hydrogens (primary N) is 1. The van der Waals surface area contributed by atoms with Crippen LogP contribution in [-0.4, -0.2) is 172 Å². The van der Waals surface area contributed by atoms with Gasteiger partial charge in [-0.25, -0.2) is 15.0 Å². The minimum Gasteiger partial charge on any atom is -0.391 e. The number of benzene rings is 2. The molecule has 0 radical (unpaired) electrons. The first-order chi connectivity index (χ1) is 37.0. The summed E-state index contributed by atoms with van der Waals surface area (Å²) in [4.78, 5) is 92.8. The number of nitrogens with one attached hydrogen (secondary N) is 4. The van der Waals surface area contributed by atoms with Gasteiger partial charge in [-0.05, 0) is 66.5 Å². The molecule has 0 spiro atoms. The number of carbonyl (C=O) groups excluding carboxylic acids is 5. The lowest BCUT2D eigenvalue weighted by Crippen LogP contribution is -2.60. The standard InChI is InChI=1S/C55H73ClN12O8S/c1-36-47(77-35-62-36)39-7-5-37(6-8-39)32-59-51(72)44-31-41(69)33-68(44)52(73)48(54(2,3)4)64-45(70)15-27-75-29-30-76-28-16-46(71)66-25-23-65(24-26-66)20-14-43(38-9-11-40(56)12-10-38)63-53(74)55(57)17-21-67(22-18-55)50-42-13-19-58-49(42)60-34-61-50/h5-13,19,34-35,41,43-44,48,69H,14-18,20-33,57H2,1-4H3,(H,59,72)(H,63,74)(H,64,70)(H,58,60,61)/t41-,43+,44+,48?/m1/s1. The monoisotopic (exact) mass is 1100 g/mol. The molecule has 5 aromatic rings. The van der Waals surface area contributed by atoms with Crippen LogP contribution in [0, 0.1) is 12.3 Å². The molecule has 0 aliphatic carbocycles. The summed E-state index contributed by atoms with van der Waals surface area (Å²) in [7, 11) is 0. The molecular weight excluding hydrogens is 1020 g/mol. The number of carbonyl (C=O) groups is 5. The molecule has 20 nitrogen and oxygen atoms in total. The Hall–Kier alpha value is -6.07. The molecule has 0 bridgehead atoms. The van der Waals surface area contributed by atoms with Gasteiger partial charge in [0.25, 0.3) is 0 Å². The number of β-amino-alcohol motifs (C(OH)–C–C–N with tert-alkyl or cyclic N) is 1. The number of halogens is 1. The van der Waals surface area contributed by atoms with Crippen LogP contribution in [0.2, 0.25) is 5.02 Å². The number of H-pyrrole nitrogens is 1. The summed E-state index contributed by atoms with van der Waals surface area (Å²) in [6, 6.07) is 15.2. The number of thiazole rings is 1. The van der Waals surface area contributed by atoms with Gasteiger partial charge in [0.2, 0.25) is 29.5 Å². The molecule has 2 aromatic carbocycles. The highest BCUT2D eigenvalue weighted by molar-refractivity contribution is 7.13. The minimum atomic E-state index is -1.04. The number of fused-ring (bicyclic) bond motifs is 1. The number of ether oxygens (including phenoxy) is 2. The number of hydrogen-bond acceptors (Lipinski definition) is 15. The fourth-order valence-electron chi connectivity index (χ4n) is 10.1. The number of anilines is 1. The largest absolute Gasteiger partial charge is 0.391 e. The van der Waals surface area contributed by atoms with Gasteiger partial charge in [0, 0.05) is 83.0 Å². The number of nitrogens with zero attached hydrogens (tertiary/aromatic N) is 7. The second-order valence-electron chi connectivity index (χ2n) is 21.3. The fourth-order valence-corrected chi connectivity index (χ4v) is 11.1. The van der Waals surface area contributed by atoms with Gasteiger partial charge in [-0.2, -0.15) is 0 Å². The molecule has 3 saturated heterocycles. The average molecular weight is 1100 g/mol. The van der Waals surface area contributed by atoms with Crippen LogP contribution in [0.5, 0.6) is 0 Å². The molecular formula is C55H73ClN12O8S. The van der Waals surface area contributed by atoms with E-state index in [0.717, 1.165) is 44.1 Å². The number of likely N-dealkylation sites (tertiary alicyclic amines) is 1. The van der Waals surface area contributed by atoms with Crippen molar-refractivity contribution >= 4 is 69.3 Å². The predicted octanol–water partition coefficient (Wildman–Crippen LogP) is 4.36. The van der Waals surface area contributed by atoms with Crippen LogP contribution < -0.4 is 26.6 Å². The molecule has 4 atom stereocenters. The molecule has 3 fully saturated rings. The second-order valence-corrected chi connectivity index (χ2v) is 22.6. The first-order valence-corrected chi connectivity index (χ1v) is 27.8. The van der Waals surface area contributed by atoms with Crippen molar-refractivity contribution in [2.45, 2.75) is 103 Å². The third kappa shape index (κ3) is 14.9. The Morgan fingerprint density at radius 1 is 0.896 bits per heavy atom. The van der Waals surface area contributed by atoms with Crippen LogP contribution >= 0.6 is 22.9 Å².